The maximum Gasteiger partial charge on any atom is 0.255 e. The summed E-state index contributed by atoms with van der Waals surface area (Å²) in [6, 6.07) is 11.9. The van der Waals surface area contributed by atoms with Crippen molar-refractivity contribution in [3.8, 4) is 11.3 Å². The van der Waals surface area contributed by atoms with Crippen molar-refractivity contribution in [1.29, 1.82) is 0 Å². The summed E-state index contributed by atoms with van der Waals surface area (Å²) in [5, 5.41) is 8.67. The lowest BCUT2D eigenvalue weighted by atomic mass is 10.1. The van der Waals surface area contributed by atoms with Crippen LogP contribution < -0.4 is 5.32 Å². The van der Waals surface area contributed by atoms with Crippen LogP contribution in [0.1, 0.15) is 15.9 Å². The number of nitrogens with zero attached hydrogens (tertiary/aromatic N) is 3. The molecule has 0 spiro atoms. The number of aryl methyl sites for hydroxylation is 1. The molecule has 1 N–H and O–H groups in total. The largest absolute Gasteiger partial charge is 0.379 e. The lowest BCUT2D eigenvalue weighted by Crippen LogP contribution is -2.40. The van der Waals surface area contributed by atoms with Gasteiger partial charge in [-0.1, -0.05) is 22.7 Å². The van der Waals surface area contributed by atoms with E-state index >= 15 is 0 Å². The van der Waals surface area contributed by atoms with Gasteiger partial charge in [0.2, 0.25) is 10.0 Å². The second kappa shape index (κ2) is 8.60. The summed E-state index contributed by atoms with van der Waals surface area (Å²) in [4.78, 5) is 12.9. The number of amides is 1. The fourth-order valence-electron chi connectivity index (χ4n) is 3.16. The molecule has 1 amide bonds. The van der Waals surface area contributed by atoms with Crippen molar-refractivity contribution in [3.05, 3.63) is 59.0 Å². The normalized spacial score (nSPS) is 15.1. The van der Waals surface area contributed by atoms with Crippen LogP contribution in [-0.2, 0) is 14.8 Å². The van der Waals surface area contributed by atoms with Gasteiger partial charge in [-0.3, -0.25) is 4.79 Å². The van der Waals surface area contributed by atoms with Crippen LogP contribution in [0.4, 0.5) is 5.69 Å². The van der Waals surface area contributed by atoms with Gasteiger partial charge in [0, 0.05) is 35.3 Å². The van der Waals surface area contributed by atoms with Crippen LogP contribution in [0, 0.1) is 6.92 Å². The standard InChI is InChI=1S/C20H20N4O4S2/c1-14-2-3-16(12-19(14)30(26,27)24-8-10-28-11-9-24)20(25)21-17-6-4-15(5-7-17)18-13-29-23-22-18/h2-7,12-13H,8-11H2,1H3,(H,21,25). The number of benzene rings is 2. The molecule has 0 unspecified atom stereocenters. The topological polar surface area (TPSA) is 101 Å². The van der Waals surface area contributed by atoms with Gasteiger partial charge in [-0.2, -0.15) is 4.31 Å². The van der Waals surface area contributed by atoms with Crippen molar-refractivity contribution >= 4 is 33.2 Å². The summed E-state index contributed by atoms with van der Waals surface area (Å²) in [6.07, 6.45) is 0. The SMILES string of the molecule is Cc1ccc(C(=O)Nc2ccc(-c3csnn3)cc2)cc1S(=O)(=O)N1CCOCC1. The molecule has 2 aromatic carbocycles. The summed E-state index contributed by atoms with van der Waals surface area (Å²) in [6.45, 7) is 3.07. The lowest BCUT2D eigenvalue weighted by molar-refractivity contribution is 0.0730. The highest BCUT2D eigenvalue weighted by atomic mass is 32.2. The number of carbonyl (C=O) groups is 1. The summed E-state index contributed by atoms with van der Waals surface area (Å²) >= 11 is 1.27. The maximum atomic E-state index is 13.0. The zero-order chi connectivity index (χ0) is 21.1. The third-order valence-corrected chi connectivity index (χ3v) is 7.38. The molecule has 10 heteroatoms. The molecular formula is C20H20N4O4S2. The first-order valence-corrected chi connectivity index (χ1v) is 11.6. The van der Waals surface area contributed by atoms with Crippen molar-refractivity contribution < 1.29 is 17.9 Å². The zero-order valence-electron chi connectivity index (χ0n) is 16.2. The first-order valence-electron chi connectivity index (χ1n) is 9.32. The average Bonchev–Trinajstić information content (AvgIpc) is 3.30. The molecule has 0 atom stereocenters. The van der Waals surface area contributed by atoms with E-state index in [1.165, 1.54) is 21.9 Å². The third kappa shape index (κ3) is 4.26. The highest BCUT2D eigenvalue weighted by Crippen LogP contribution is 2.24. The minimum Gasteiger partial charge on any atom is -0.379 e. The number of aromatic nitrogens is 2. The molecular weight excluding hydrogens is 424 g/mol. The molecule has 0 bridgehead atoms. The predicted molar refractivity (Wildman–Crippen MR) is 114 cm³/mol. The number of carbonyl (C=O) groups excluding carboxylic acids is 1. The Morgan fingerprint density at radius 2 is 1.87 bits per heavy atom. The number of nitrogens with one attached hydrogen (secondary N) is 1. The summed E-state index contributed by atoms with van der Waals surface area (Å²) in [7, 11) is -3.69. The van der Waals surface area contributed by atoms with E-state index in [0.29, 0.717) is 37.6 Å². The highest BCUT2D eigenvalue weighted by molar-refractivity contribution is 7.89. The van der Waals surface area contributed by atoms with Crippen molar-refractivity contribution in [2.24, 2.45) is 0 Å². The van der Waals surface area contributed by atoms with Crippen LogP contribution in [0.3, 0.4) is 0 Å². The van der Waals surface area contributed by atoms with E-state index in [4.69, 9.17) is 4.74 Å². The molecule has 1 aliphatic heterocycles. The van der Waals surface area contributed by atoms with Crippen LogP contribution in [0.15, 0.2) is 52.7 Å². The van der Waals surface area contributed by atoms with Crippen LogP contribution in [0.25, 0.3) is 11.3 Å². The Hall–Kier alpha value is -2.66. The molecule has 30 heavy (non-hydrogen) atoms. The van der Waals surface area contributed by atoms with Crippen LogP contribution in [0.2, 0.25) is 0 Å². The van der Waals surface area contributed by atoms with Gasteiger partial charge in [-0.05, 0) is 48.3 Å². The smallest absolute Gasteiger partial charge is 0.255 e. The predicted octanol–water partition coefficient (Wildman–Crippen LogP) is 2.79. The molecule has 3 aromatic rings. The van der Waals surface area contributed by atoms with Crippen LogP contribution in [0.5, 0.6) is 0 Å². The van der Waals surface area contributed by atoms with Crippen molar-refractivity contribution in [2.75, 3.05) is 31.6 Å². The number of hydrogen-bond donors (Lipinski definition) is 1. The number of rotatable bonds is 5. The van der Waals surface area contributed by atoms with Gasteiger partial charge >= 0.3 is 0 Å². The molecule has 1 aromatic heterocycles. The van der Waals surface area contributed by atoms with E-state index in [0.717, 1.165) is 11.3 Å². The van der Waals surface area contributed by atoms with Gasteiger partial charge in [0.05, 0.1) is 18.1 Å². The second-order valence-electron chi connectivity index (χ2n) is 6.82. The quantitative estimate of drug-likeness (QED) is 0.649. The summed E-state index contributed by atoms with van der Waals surface area (Å²) in [5.74, 6) is -0.378. The Bertz CT molecular complexity index is 1140. The molecule has 156 valence electrons. The first kappa shape index (κ1) is 20.6. The molecule has 1 fully saturated rings. The second-order valence-corrected chi connectivity index (χ2v) is 9.33. The van der Waals surface area contributed by atoms with Gasteiger partial charge in [0.1, 0.15) is 5.69 Å². The number of morpholine rings is 1. The maximum absolute atomic E-state index is 13.0. The first-order chi connectivity index (χ1) is 14.4. The van der Waals surface area contributed by atoms with Gasteiger partial charge in [0.15, 0.2) is 0 Å². The number of hydrogen-bond acceptors (Lipinski definition) is 7. The molecule has 0 aliphatic carbocycles. The molecule has 0 saturated carbocycles. The summed E-state index contributed by atoms with van der Waals surface area (Å²) < 4.78 is 36.5. The van der Waals surface area contributed by atoms with E-state index in [9.17, 15) is 13.2 Å². The number of anilines is 1. The highest BCUT2D eigenvalue weighted by Gasteiger charge is 2.28. The van der Waals surface area contributed by atoms with Gasteiger partial charge in [0.25, 0.3) is 5.91 Å². The van der Waals surface area contributed by atoms with Crippen LogP contribution >= 0.6 is 11.5 Å². The minimum atomic E-state index is -3.69. The Morgan fingerprint density at radius 3 is 2.53 bits per heavy atom. The van der Waals surface area contributed by atoms with E-state index < -0.39 is 10.0 Å². The minimum absolute atomic E-state index is 0.142. The Kier molecular flexibility index (Phi) is 5.91. The van der Waals surface area contributed by atoms with E-state index in [1.54, 1.807) is 31.2 Å². The zero-order valence-corrected chi connectivity index (χ0v) is 17.9. The van der Waals surface area contributed by atoms with E-state index in [2.05, 4.69) is 14.9 Å². The number of ether oxygens (including phenoxy) is 1. The van der Waals surface area contributed by atoms with Gasteiger partial charge in [-0.15, -0.1) is 5.10 Å². The van der Waals surface area contributed by atoms with Gasteiger partial charge in [-0.25, -0.2) is 8.42 Å². The fraction of sp³-hybridized carbons (Fsp3) is 0.250. The lowest BCUT2D eigenvalue weighted by Gasteiger charge is -2.26. The summed E-state index contributed by atoms with van der Waals surface area (Å²) in [5.41, 5.74) is 3.15. The monoisotopic (exact) mass is 444 g/mol. The van der Waals surface area contributed by atoms with E-state index in [-0.39, 0.29) is 16.4 Å². The van der Waals surface area contributed by atoms with Crippen molar-refractivity contribution in [3.63, 3.8) is 0 Å². The molecule has 8 nitrogen and oxygen atoms in total. The average molecular weight is 445 g/mol. The molecule has 4 rings (SSSR count). The Balaban J connectivity index is 1.54. The molecule has 0 radical (unpaired) electrons. The van der Waals surface area contributed by atoms with E-state index in [1.807, 2.05) is 17.5 Å². The molecule has 1 aliphatic rings. The third-order valence-electron chi connectivity index (χ3n) is 4.84. The number of sulfonamides is 1. The Morgan fingerprint density at radius 1 is 1.13 bits per heavy atom. The fourth-order valence-corrected chi connectivity index (χ4v) is 5.29. The molecule has 2 heterocycles. The van der Waals surface area contributed by atoms with Crippen molar-refractivity contribution in [2.45, 2.75) is 11.8 Å². The van der Waals surface area contributed by atoms with Crippen LogP contribution in [-0.4, -0.2) is 54.5 Å². The Labute approximate surface area is 178 Å². The van der Waals surface area contributed by atoms with Crippen molar-refractivity contribution in [1.82, 2.24) is 13.9 Å². The van der Waals surface area contributed by atoms with Gasteiger partial charge < -0.3 is 10.1 Å². The molecule has 1 saturated heterocycles.